The van der Waals surface area contributed by atoms with Crippen molar-refractivity contribution in [2.24, 2.45) is 0 Å². The quantitative estimate of drug-likeness (QED) is 0.540. The summed E-state index contributed by atoms with van der Waals surface area (Å²) >= 11 is 0. The molecular formula is C24H26N4O2. The lowest BCUT2D eigenvalue weighted by Crippen LogP contribution is -2.33. The number of hydrogen-bond donors (Lipinski definition) is 1. The minimum Gasteiger partial charge on any atom is -0.340 e. The zero-order chi connectivity index (χ0) is 21.3. The number of nitrogens with zero attached hydrogens (tertiary/aromatic N) is 3. The molecule has 30 heavy (non-hydrogen) atoms. The van der Waals surface area contributed by atoms with Crippen molar-refractivity contribution in [3.05, 3.63) is 87.8 Å². The molecule has 6 nitrogen and oxygen atoms in total. The Morgan fingerprint density at radius 1 is 1.03 bits per heavy atom. The fourth-order valence-electron chi connectivity index (χ4n) is 3.84. The predicted octanol–water partition coefficient (Wildman–Crippen LogP) is 2.90. The molecule has 1 N–H and O–H groups in total. The lowest BCUT2D eigenvalue weighted by Gasteiger charge is -2.18. The molecule has 0 unspecified atom stereocenters. The van der Waals surface area contributed by atoms with Gasteiger partial charge in [-0.25, -0.2) is 0 Å². The summed E-state index contributed by atoms with van der Waals surface area (Å²) in [4.78, 5) is 27.9. The first kappa shape index (κ1) is 19.9. The summed E-state index contributed by atoms with van der Waals surface area (Å²) in [5.74, 6) is -0.0608. The Labute approximate surface area is 175 Å². The van der Waals surface area contributed by atoms with Crippen molar-refractivity contribution in [2.45, 2.75) is 13.5 Å². The Morgan fingerprint density at radius 2 is 1.87 bits per heavy atom. The van der Waals surface area contributed by atoms with Gasteiger partial charge in [-0.2, -0.15) is 0 Å². The summed E-state index contributed by atoms with van der Waals surface area (Å²) in [7, 11) is 3.65. The van der Waals surface area contributed by atoms with Crippen LogP contribution in [-0.4, -0.2) is 47.0 Å². The maximum absolute atomic E-state index is 13.3. The zero-order valence-electron chi connectivity index (χ0n) is 17.6. The molecule has 0 atom stereocenters. The molecule has 4 rings (SSSR count). The first-order valence-electron chi connectivity index (χ1n) is 10.1. The second-order valence-corrected chi connectivity index (χ2v) is 7.68. The number of aromatic nitrogens is 2. The van der Waals surface area contributed by atoms with Crippen LogP contribution in [-0.2, 0) is 6.54 Å². The minimum absolute atomic E-state index is 0.0608. The number of carbonyl (C=O) groups excluding carboxylic acids is 1. The van der Waals surface area contributed by atoms with Crippen molar-refractivity contribution >= 4 is 22.5 Å². The second kappa shape index (κ2) is 8.16. The third kappa shape index (κ3) is 3.62. The van der Waals surface area contributed by atoms with Crippen LogP contribution in [0.15, 0.2) is 65.6 Å². The number of fused-ring (bicyclic) bond motifs is 3. The highest BCUT2D eigenvalue weighted by molar-refractivity contribution is 5.97. The van der Waals surface area contributed by atoms with Gasteiger partial charge in [0.2, 0.25) is 0 Å². The molecule has 6 heteroatoms. The summed E-state index contributed by atoms with van der Waals surface area (Å²) in [5.41, 5.74) is 4.98. The van der Waals surface area contributed by atoms with Gasteiger partial charge < -0.3 is 19.2 Å². The van der Waals surface area contributed by atoms with Crippen LogP contribution in [0.5, 0.6) is 0 Å². The van der Waals surface area contributed by atoms with Gasteiger partial charge in [0.25, 0.3) is 11.5 Å². The second-order valence-electron chi connectivity index (χ2n) is 7.68. The highest BCUT2D eigenvalue weighted by Gasteiger charge is 2.16. The number of nitrogens with one attached hydrogen (secondary N) is 1. The minimum atomic E-state index is -0.0675. The van der Waals surface area contributed by atoms with E-state index in [4.69, 9.17) is 0 Å². The molecule has 0 saturated carbocycles. The SMILES string of the molecule is CNCCN(C)C(=O)c1ccc2c(c1)n(Cc1cccc(C)c1)c(=O)c1cccn12. The summed E-state index contributed by atoms with van der Waals surface area (Å²) in [6.45, 7) is 3.82. The molecule has 0 aliphatic carbocycles. The van der Waals surface area contributed by atoms with Gasteiger partial charge in [-0.1, -0.05) is 29.8 Å². The average Bonchev–Trinajstić information content (AvgIpc) is 3.24. The Bertz CT molecular complexity index is 1290. The van der Waals surface area contributed by atoms with Gasteiger partial charge in [0.15, 0.2) is 0 Å². The Balaban J connectivity index is 1.87. The van der Waals surface area contributed by atoms with Gasteiger partial charge in [0.05, 0.1) is 17.6 Å². The van der Waals surface area contributed by atoms with E-state index < -0.39 is 0 Å². The molecular weight excluding hydrogens is 376 g/mol. The molecule has 0 fully saturated rings. The third-order valence-corrected chi connectivity index (χ3v) is 5.45. The van der Waals surface area contributed by atoms with Crippen LogP contribution in [0.4, 0.5) is 0 Å². The fourth-order valence-corrected chi connectivity index (χ4v) is 3.84. The van der Waals surface area contributed by atoms with Crippen LogP contribution in [0.2, 0.25) is 0 Å². The molecule has 0 saturated heterocycles. The van der Waals surface area contributed by atoms with Crippen LogP contribution < -0.4 is 10.9 Å². The largest absolute Gasteiger partial charge is 0.340 e. The number of aryl methyl sites for hydroxylation is 1. The number of carbonyl (C=O) groups is 1. The van der Waals surface area contributed by atoms with E-state index in [0.29, 0.717) is 24.2 Å². The Hall–Kier alpha value is -3.38. The maximum Gasteiger partial charge on any atom is 0.275 e. The smallest absolute Gasteiger partial charge is 0.275 e. The lowest BCUT2D eigenvalue weighted by molar-refractivity contribution is 0.0797. The summed E-state index contributed by atoms with van der Waals surface area (Å²) in [6, 6.07) is 17.4. The van der Waals surface area contributed by atoms with Crippen LogP contribution in [0, 0.1) is 6.92 Å². The molecule has 1 amide bonds. The molecule has 0 aliphatic rings. The lowest BCUT2D eigenvalue weighted by atomic mass is 10.1. The highest BCUT2D eigenvalue weighted by atomic mass is 16.2. The molecule has 0 radical (unpaired) electrons. The summed E-state index contributed by atoms with van der Waals surface area (Å²) in [6.07, 6.45) is 1.89. The molecule has 2 aromatic heterocycles. The zero-order valence-corrected chi connectivity index (χ0v) is 17.6. The highest BCUT2D eigenvalue weighted by Crippen LogP contribution is 2.19. The van der Waals surface area contributed by atoms with Crippen molar-refractivity contribution in [3.8, 4) is 0 Å². The summed E-state index contributed by atoms with van der Waals surface area (Å²) < 4.78 is 3.66. The number of amides is 1. The monoisotopic (exact) mass is 402 g/mol. The fraction of sp³-hybridized carbons (Fsp3) is 0.250. The van der Waals surface area contributed by atoms with Gasteiger partial charge >= 0.3 is 0 Å². The van der Waals surface area contributed by atoms with E-state index in [0.717, 1.165) is 28.7 Å². The van der Waals surface area contributed by atoms with E-state index >= 15 is 0 Å². The third-order valence-electron chi connectivity index (χ3n) is 5.45. The van der Waals surface area contributed by atoms with Crippen LogP contribution >= 0.6 is 0 Å². The number of rotatable bonds is 6. The van der Waals surface area contributed by atoms with Crippen molar-refractivity contribution in [3.63, 3.8) is 0 Å². The number of hydrogen-bond acceptors (Lipinski definition) is 3. The van der Waals surface area contributed by atoms with Crippen molar-refractivity contribution in [2.75, 3.05) is 27.2 Å². The van der Waals surface area contributed by atoms with Crippen LogP contribution in [0.25, 0.3) is 16.6 Å². The molecule has 154 valence electrons. The molecule has 2 heterocycles. The van der Waals surface area contributed by atoms with E-state index in [1.165, 1.54) is 0 Å². The van der Waals surface area contributed by atoms with Gasteiger partial charge in [-0.15, -0.1) is 0 Å². The summed E-state index contributed by atoms with van der Waals surface area (Å²) in [5, 5.41) is 3.06. The van der Waals surface area contributed by atoms with Gasteiger partial charge in [0.1, 0.15) is 5.52 Å². The predicted molar refractivity (Wildman–Crippen MR) is 120 cm³/mol. The molecule has 0 bridgehead atoms. The first-order valence-corrected chi connectivity index (χ1v) is 10.1. The van der Waals surface area contributed by atoms with E-state index in [2.05, 4.69) is 11.4 Å². The first-order chi connectivity index (χ1) is 14.5. The van der Waals surface area contributed by atoms with Crippen LogP contribution in [0.1, 0.15) is 21.5 Å². The Kier molecular flexibility index (Phi) is 5.42. The van der Waals surface area contributed by atoms with Crippen molar-refractivity contribution in [1.29, 1.82) is 0 Å². The average molecular weight is 402 g/mol. The van der Waals surface area contributed by atoms with Gasteiger partial charge in [-0.3, -0.25) is 9.59 Å². The topological polar surface area (TPSA) is 58.8 Å². The number of benzene rings is 2. The Morgan fingerprint density at radius 3 is 2.63 bits per heavy atom. The maximum atomic E-state index is 13.3. The molecule has 0 spiro atoms. The van der Waals surface area contributed by atoms with E-state index in [1.54, 1.807) is 16.5 Å². The normalized spacial score (nSPS) is 11.3. The van der Waals surface area contributed by atoms with E-state index in [1.807, 2.05) is 73.1 Å². The van der Waals surface area contributed by atoms with Gasteiger partial charge in [-0.05, 0) is 49.9 Å². The van der Waals surface area contributed by atoms with Crippen molar-refractivity contribution < 1.29 is 4.79 Å². The van der Waals surface area contributed by atoms with E-state index in [-0.39, 0.29) is 11.5 Å². The standard InChI is InChI=1S/C24H26N4O2/c1-17-6-4-7-18(14-17)16-28-22-15-19(23(29)26(3)13-11-25-2)9-10-20(22)27-12-5-8-21(27)24(28)30/h4-10,12,14-15,25H,11,13,16H2,1-3H3. The van der Waals surface area contributed by atoms with Crippen LogP contribution in [0.3, 0.4) is 0 Å². The molecule has 0 aliphatic heterocycles. The van der Waals surface area contributed by atoms with E-state index in [9.17, 15) is 9.59 Å². The van der Waals surface area contributed by atoms with Gasteiger partial charge in [0, 0.05) is 31.9 Å². The molecule has 2 aromatic carbocycles. The molecule has 4 aromatic rings. The number of likely N-dealkylation sites (N-methyl/N-ethyl adjacent to an activating group) is 2. The van der Waals surface area contributed by atoms with Crippen molar-refractivity contribution in [1.82, 2.24) is 19.2 Å².